The Morgan fingerprint density at radius 1 is 0.933 bits per heavy atom. The number of nitrogens with zero attached hydrogens (tertiary/aromatic N) is 5. The number of imidazole rings is 1. The van der Waals surface area contributed by atoms with Crippen LogP contribution < -0.4 is 0 Å². The van der Waals surface area contributed by atoms with Gasteiger partial charge in [0, 0.05) is 34.5 Å². The monoisotopic (exact) mass is 396 g/mol. The van der Waals surface area contributed by atoms with Crippen LogP contribution in [0.1, 0.15) is 0 Å². The summed E-state index contributed by atoms with van der Waals surface area (Å²) in [6, 6.07) is 8.52. The van der Waals surface area contributed by atoms with Crippen LogP contribution in [-0.4, -0.2) is 40.3 Å². The number of pyridine rings is 2. The van der Waals surface area contributed by atoms with E-state index in [1.54, 1.807) is 49.2 Å². The summed E-state index contributed by atoms with van der Waals surface area (Å²) in [4.78, 5) is 16.7. The molecule has 9 heteroatoms. The Morgan fingerprint density at radius 2 is 1.87 bits per heavy atom. The average Bonchev–Trinajstić information content (AvgIpc) is 3.51. The van der Waals surface area contributed by atoms with Crippen molar-refractivity contribution in [2.45, 2.75) is 0 Å². The van der Waals surface area contributed by atoms with Crippen molar-refractivity contribution in [2.75, 3.05) is 0 Å². The van der Waals surface area contributed by atoms with E-state index >= 15 is 0 Å². The minimum Gasteiger partial charge on any atom is -0.335 e. The van der Waals surface area contributed by atoms with Crippen molar-refractivity contribution in [3.05, 3.63) is 67.1 Å². The normalized spacial score (nSPS) is 11.5. The highest BCUT2D eigenvalue weighted by Gasteiger charge is 2.17. The van der Waals surface area contributed by atoms with Gasteiger partial charge in [0.05, 0.1) is 35.3 Å². The molecular weight excluding hydrogens is 383 g/mol. The first kappa shape index (κ1) is 16.5. The first-order valence-corrected chi connectivity index (χ1v) is 9.20. The van der Waals surface area contributed by atoms with Crippen molar-refractivity contribution in [1.29, 1.82) is 0 Å². The molecule has 6 aromatic rings. The Bertz CT molecular complexity index is 1510. The maximum atomic E-state index is 14.4. The molecule has 0 fully saturated rings. The quantitative estimate of drug-likeness (QED) is 0.417. The van der Waals surface area contributed by atoms with E-state index in [1.807, 2.05) is 6.07 Å². The molecule has 0 saturated carbocycles. The number of fused-ring (bicyclic) bond motifs is 2. The third-order valence-electron chi connectivity index (χ3n) is 5.02. The second kappa shape index (κ2) is 6.31. The van der Waals surface area contributed by atoms with E-state index in [0.29, 0.717) is 33.7 Å². The molecule has 5 aromatic heterocycles. The van der Waals surface area contributed by atoms with Gasteiger partial charge in [-0.25, -0.2) is 9.37 Å². The van der Waals surface area contributed by atoms with Crippen molar-refractivity contribution in [1.82, 2.24) is 40.3 Å². The van der Waals surface area contributed by atoms with Crippen molar-refractivity contribution in [3.8, 4) is 33.9 Å². The first-order valence-electron chi connectivity index (χ1n) is 9.20. The number of aromatic amines is 3. The van der Waals surface area contributed by atoms with Gasteiger partial charge >= 0.3 is 0 Å². The van der Waals surface area contributed by atoms with Crippen molar-refractivity contribution in [3.63, 3.8) is 0 Å². The van der Waals surface area contributed by atoms with E-state index < -0.39 is 0 Å². The predicted octanol–water partition coefficient (Wildman–Crippen LogP) is 4.09. The van der Waals surface area contributed by atoms with Crippen LogP contribution in [0.25, 0.3) is 55.8 Å². The van der Waals surface area contributed by atoms with E-state index in [-0.39, 0.29) is 5.82 Å². The molecule has 30 heavy (non-hydrogen) atoms. The molecule has 0 bridgehead atoms. The lowest BCUT2D eigenvalue weighted by Gasteiger charge is -2.02. The van der Waals surface area contributed by atoms with Crippen LogP contribution in [0.4, 0.5) is 4.39 Å². The van der Waals surface area contributed by atoms with Gasteiger partial charge in [0.2, 0.25) is 0 Å². The number of H-pyrrole nitrogens is 3. The fourth-order valence-corrected chi connectivity index (χ4v) is 3.57. The Hall–Kier alpha value is -4.40. The summed E-state index contributed by atoms with van der Waals surface area (Å²) in [5.41, 5.74) is 5.47. The zero-order valence-corrected chi connectivity index (χ0v) is 15.4. The van der Waals surface area contributed by atoms with Crippen LogP contribution in [0, 0.1) is 5.82 Å². The van der Waals surface area contributed by atoms with E-state index in [9.17, 15) is 4.39 Å². The summed E-state index contributed by atoms with van der Waals surface area (Å²) in [5.74, 6) is 0.239. The molecule has 1 aromatic carbocycles. The number of rotatable bonds is 3. The fraction of sp³-hybridized carbons (Fsp3) is 0. The smallest absolute Gasteiger partial charge is 0.159 e. The van der Waals surface area contributed by atoms with E-state index in [2.05, 4.69) is 35.3 Å². The first-order chi connectivity index (χ1) is 14.8. The predicted molar refractivity (Wildman–Crippen MR) is 110 cm³/mol. The van der Waals surface area contributed by atoms with Crippen LogP contribution >= 0.6 is 0 Å². The van der Waals surface area contributed by atoms with Crippen LogP contribution in [0.3, 0.4) is 0 Å². The van der Waals surface area contributed by atoms with Crippen LogP contribution in [0.15, 0.2) is 61.3 Å². The van der Waals surface area contributed by atoms with Gasteiger partial charge in [-0.05, 0) is 12.1 Å². The minimum atomic E-state index is -0.322. The number of aromatic nitrogens is 8. The highest BCUT2D eigenvalue weighted by Crippen LogP contribution is 2.32. The zero-order chi connectivity index (χ0) is 20.1. The average molecular weight is 396 g/mol. The molecule has 0 aliphatic heterocycles. The lowest BCUT2D eigenvalue weighted by molar-refractivity contribution is 0.631. The van der Waals surface area contributed by atoms with Gasteiger partial charge in [0.25, 0.3) is 0 Å². The number of hydrogen-bond donors (Lipinski definition) is 3. The Labute approximate surface area is 168 Å². The van der Waals surface area contributed by atoms with Gasteiger partial charge < -0.3 is 4.98 Å². The van der Waals surface area contributed by atoms with Gasteiger partial charge in [-0.2, -0.15) is 10.2 Å². The lowest BCUT2D eigenvalue weighted by Crippen LogP contribution is -1.87. The Kier molecular flexibility index (Phi) is 3.48. The fourth-order valence-electron chi connectivity index (χ4n) is 3.57. The molecule has 0 radical (unpaired) electrons. The summed E-state index contributed by atoms with van der Waals surface area (Å²) < 4.78 is 14.4. The molecule has 8 nitrogen and oxygen atoms in total. The highest BCUT2D eigenvalue weighted by atomic mass is 19.1. The zero-order valence-electron chi connectivity index (χ0n) is 15.4. The molecule has 0 spiro atoms. The summed E-state index contributed by atoms with van der Waals surface area (Å²) in [5, 5.41) is 15.0. The maximum absolute atomic E-state index is 14.4. The van der Waals surface area contributed by atoms with E-state index in [1.165, 1.54) is 6.07 Å². The molecule has 0 atom stereocenters. The largest absolute Gasteiger partial charge is 0.335 e. The number of nitrogens with one attached hydrogen (secondary N) is 3. The van der Waals surface area contributed by atoms with Gasteiger partial charge in [-0.15, -0.1) is 0 Å². The Morgan fingerprint density at radius 3 is 2.73 bits per heavy atom. The van der Waals surface area contributed by atoms with Crippen LogP contribution in [0.2, 0.25) is 0 Å². The molecule has 0 aliphatic rings. The molecule has 0 saturated heterocycles. The van der Waals surface area contributed by atoms with E-state index in [0.717, 1.165) is 22.2 Å². The molecule has 3 N–H and O–H groups in total. The minimum absolute atomic E-state index is 0.322. The third kappa shape index (κ3) is 2.49. The molecule has 144 valence electrons. The molecule has 6 rings (SSSR count). The second-order valence-corrected chi connectivity index (χ2v) is 6.82. The standard InChI is InChI=1S/C21H13FN8/c22-15-4-2-1-3-12(15)14-8-23-9-18-19(14)28-21(27-18)20-13-5-16(11-6-25-26-7-11)24-10-17(13)29-30-20/h1-10H,(H,25,26)(H,27,28)(H,29,30). The topological polar surface area (TPSA) is 112 Å². The second-order valence-electron chi connectivity index (χ2n) is 6.82. The number of benzene rings is 1. The van der Waals surface area contributed by atoms with Crippen molar-refractivity contribution in [2.24, 2.45) is 0 Å². The van der Waals surface area contributed by atoms with Gasteiger partial charge in [-0.1, -0.05) is 18.2 Å². The molecular formula is C21H13FN8. The van der Waals surface area contributed by atoms with Crippen LogP contribution in [-0.2, 0) is 0 Å². The van der Waals surface area contributed by atoms with Gasteiger partial charge in [-0.3, -0.25) is 20.2 Å². The molecule has 0 amide bonds. The SMILES string of the molecule is Fc1ccccc1-c1cncc2[nH]c(-c3n[nH]c4cnc(-c5cn[nH]c5)cc34)nc12. The number of hydrogen-bond acceptors (Lipinski definition) is 5. The van der Waals surface area contributed by atoms with Crippen molar-refractivity contribution >= 4 is 21.9 Å². The summed E-state index contributed by atoms with van der Waals surface area (Å²) >= 11 is 0. The van der Waals surface area contributed by atoms with Crippen molar-refractivity contribution < 1.29 is 4.39 Å². The van der Waals surface area contributed by atoms with Crippen LogP contribution in [0.5, 0.6) is 0 Å². The van der Waals surface area contributed by atoms with E-state index in [4.69, 9.17) is 4.98 Å². The maximum Gasteiger partial charge on any atom is 0.159 e. The summed E-state index contributed by atoms with van der Waals surface area (Å²) in [7, 11) is 0. The van der Waals surface area contributed by atoms with Gasteiger partial charge in [0.1, 0.15) is 17.0 Å². The molecule has 5 heterocycles. The summed E-state index contributed by atoms with van der Waals surface area (Å²) in [6.07, 6.45) is 8.50. The number of halogens is 1. The Balaban J connectivity index is 1.54. The third-order valence-corrected chi connectivity index (χ3v) is 5.02. The molecule has 0 unspecified atom stereocenters. The highest BCUT2D eigenvalue weighted by molar-refractivity contribution is 5.97. The summed E-state index contributed by atoms with van der Waals surface area (Å²) in [6.45, 7) is 0. The lowest BCUT2D eigenvalue weighted by atomic mass is 10.1. The molecule has 0 aliphatic carbocycles. The van der Waals surface area contributed by atoms with Gasteiger partial charge in [0.15, 0.2) is 5.82 Å².